The van der Waals surface area contributed by atoms with Crippen molar-refractivity contribution >= 4 is 11.4 Å². The van der Waals surface area contributed by atoms with Gasteiger partial charge >= 0.3 is 0 Å². The molecule has 0 spiro atoms. The lowest BCUT2D eigenvalue weighted by Gasteiger charge is -2.23. The lowest BCUT2D eigenvalue weighted by atomic mass is 9.83. The molecule has 0 amide bonds. The maximum atomic E-state index is 11.2. The first-order chi connectivity index (χ1) is 12.5. The normalized spacial score (nSPS) is 20.3. The number of aromatic nitrogens is 1. The number of nitro groups is 2. The standard InChI is InChI=1S/C18H17N3O5/c22-20(23)14-6-1-4-12(10-14)17-18(26-16-8-3-9-19(16)17)13-5-2-7-15(11-13)21(24)25/h1,3-4,6,8-10,13,15H,2,5,7,11H2. The molecule has 8 heteroatoms. The first-order valence-corrected chi connectivity index (χ1v) is 8.52. The topological polar surface area (TPSA) is 104 Å². The summed E-state index contributed by atoms with van der Waals surface area (Å²) in [6.45, 7) is 0. The van der Waals surface area contributed by atoms with E-state index in [-0.39, 0.29) is 16.5 Å². The Kier molecular flexibility index (Phi) is 3.95. The minimum atomic E-state index is -0.573. The van der Waals surface area contributed by atoms with Crippen LogP contribution in [-0.4, -0.2) is 20.3 Å². The number of non-ortho nitro benzene ring substituents is 1. The first kappa shape index (κ1) is 16.3. The number of oxazole rings is 1. The monoisotopic (exact) mass is 355 g/mol. The van der Waals surface area contributed by atoms with Crippen LogP contribution in [0.2, 0.25) is 0 Å². The van der Waals surface area contributed by atoms with Crippen molar-refractivity contribution < 1.29 is 14.3 Å². The van der Waals surface area contributed by atoms with Gasteiger partial charge in [0, 0.05) is 53.6 Å². The molecule has 2 atom stereocenters. The molecule has 0 aliphatic heterocycles. The summed E-state index contributed by atoms with van der Waals surface area (Å²) in [5.74, 6) is 0.598. The summed E-state index contributed by atoms with van der Waals surface area (Å²) in [7, 11) is 0. The van der Waals surface area contributed by atoms with Crippen LogP contribution in [0.3, 0.4) is 0 Å². The predicted molar refractivity (Wildman–Crippen MR) is 93.7 cm³/mol. The van der Waals surface area contributed by atoms with Gasteiger partial charge in [0.1, 0.15) is 5.76 Å². The van der Waals surface area contributed by atoms with E-state index in [4.69, 9.17) is 4.42 Å². The first-order valence-electron chi connectivity index (χ1n) is 8.52. The van der Waals surface area contributed by atoms with Crippen molar-refractivity contribution in [3.8, 4) is 11.3 Å². The van der Waals surface area contributed by atoms with Crippen molar-refractivity contribution in [2.45, 2.75) is 37.6 Å². The van der Waals surface area contributed by atoms with Crippen LogP contribution in [0.4, 0.5) is 5.69 Å². The van der Waals surface area contributed by atoms with Crippen molar-refractivity contribution in [2.24, 2.45) is 0 Å². The van der Waals surface area contributed by atoms with Gasteiger partial charge in [0.2, 0.25) is 11.8 Å². The van der Waals surface area contributed by atoms with E-state index in [1.807, 2.05) is 22.7 Å². The number of nitrogens with zero attached hydrogens (tertiary/aromatic N) is 3. The molecule has 0 radical (unpaired) electrons. The minimum absolute atomic E-state index is 0.00164. The van der Waals surface area contributed by atoms with Gasteiger partial charge in [-0.2, -0.15) is 0 Å². The molecule has 2 unspecified atom stereocenters. The Morgan fingerprint density at radius 3 is 2.73 bits per heavy atom. The maximum Gasteiger partial charge on any atom is 0.270 e. The molecule has 134 valence electrons. The third kappa shape index (κ3) is 2.73. The Morgan fingerprint density at radius 2 is 1.96 bits per heavy atom. The predicted octanol–water partition coefficient (Wildman–Crippen LogP) is 4.41. The number of benzene rings is 1. The summed E-state index contributed by atoms with van der Waals surface area (Å²) in [5, 5.41) is 22.4. The number of hydrogen-bond acceptors (Lipinski definition) is 5. The summed E-state index contributed by atoms with van der Waals surface area (Å²) in [5.41, 5.74) is 2.04. The van der Waals surface area contributed by atoms with Crippen LogP contribution in [0.5, 0.6) is 0 Å². The van der Waals surface area contributed by atoms with Gasteiger partial charge in [0.15, 0.2) is 0 Å². The number of nitro benzene ring substituents is 1. The smallest absolute Gasteiger partial charge is 0.270 e. The average Bonchev–Trinajstić information content (AvgIpc) is 3.22. The van der Waals surface area contributed by atoms with Crippen LogP contribution in [0, 0.1) is 20.2 Å². The highest BCUT2D eigenvalue weighted by atomic mass is 16.6. The third-order valence-electron chi connectivity index (χ3n) is 5.05. The Hall–Kier alpha value is -3.16. The molecule has 26 heavy (non-hydrogen) atoms. The van der Waals surface area contributed by atoms with E-state index in [0.717, 1.165) is 18.5 Å². The molecular weight excluding hydrogens is 338 g/mol. The summed E-state index contributed by atoms with van der Waals surface area (Å²) in [6, 6.07) is 9.48. The van der Waals surface area contributed by atoms with Crippen LogP contribution >= 0.6 is 0 Å². The molecule has 2 heterocycles. The van der Waals surface area contributed by atoms with Crippen LogP contribution in [0.1, 0.15) is 37.4 Å². The SMILES string of the molecule is O=[N+]([O-])c1cccc(-c2c(C3CCCC([N+](=O)[O-])C3)oc3cccn23)c1. The molecule has 1 aliphatic rings. The summed E-state index contributed by atoms with van der Waals surface area (Å²) in [6.07, 6.45) is 4.41. The van der Waals surface area contributed by atoms with Crippen LogP contribution in [-0.2, 0) is 0 Å². The molecule has 8 nitrogen and oxygen atoms in total. The second-order valence-corrected chi connectivity index (χ2v) is 6.64. The van der Waals surface area contributed by atoms with Gasteiger partial charge < -0.3 is 4.42 Å². The third-order valence-corrected chi connectivity index (χ3v) is 5.05. The summed E-state index contributed by atoms with van der Waals surface area (Å²) >= 11 is 0. The molecule has 0 N–H and O–H groups in total. The molecule has 3 aromatic rings. The quantitative estimate of drug-likeness (QED) is 0.509. The zero-order valence-corrected chi connectivity index (χ0v) is 13.9. The number of hydrogen-bond donors (Lipinski definition) is 0. The van der Waals surface area contributed by atoms with Crippen LogP contribution in [0.15, 0.2) is 47.0 Å². The lowest BCUT2D eigenvalue weighted by molar-refractivity contribution is -0.527. The molecule has 4 rings (SSSR count). The fourth-order valence-corrected chi connectivity index (χ4v) is 3.83. The largest absolute Gasteiger partial charge is 0.442 e. The van der Waals surface area contributed by atoms with Gasteiger partial charge in [0.25, 0.3) is 5.69 Å². The van der Waals surface area contributed by atoms with Gasteiger partial charge in [-0.1, -0.05) is 12.1 Å². The molecule has 2 aromatic heterocycles. The van der Waals surface area contributed by atoms with E-state index in [1.165, 1.54) is 12.1 Å². The summed E-state index contributed by atoms with van der Waals surface area (Å²) < 4.78 is 7.88. The Bertz CT molecular complexity index is 990. The van der Waals surface area contributed by atoms with Crippen LogP contribution in [0.25, 0.3) is 17.0 Å². The second-order valence-electron chi connectivity index (χ2n) is 6.64. The van der Waals surface area contributed by atoms with E-state index in [1.54, 1.807) is 12.1 Å². The molecule has 1 aromatic carbocycles. The van der Waals surface area contributed by atoms with E-state index < -0.39 is 11.0 Å². The highest BCUT2D eigenvalue weighted by Crippen LogP contribution is 2.41. The fourth-order valence-electron chi connectivity index (χ4n) is 3.83. The van der Waals surface area contributed by atoms with Crippen molar-refractivity contribution in [1.82, 2.24) is 4.40 Å². The molecule has 0 saturated heterocycles. The Labute approximate surface area is 148 Å². The molecule has 1 aliphatic carbocycles. The van der Waals surface area contributed by atoms with Crippen LogP contribution < -0.4 is 0 Å². The summed E-state index contributed by atoms with van der Waals surface area (Å²) in [4.78, 5) is 21.7. The van der Waals surface area contributed by atoms with Gasteiger partial charge in [-0.05, 0) is 18.9 Å². The zero-order valence-electron chi connectivity index (χ0n) is 13.9. The lowest BCUT2D eigenvalue weighted by Crippen LogP contribution is -2.26. The Balaban J connectivity index is 1.83. The molecular formula is C18H17N3O5. The molecule has 1 fully saturated rings. The average molecular weight is 355 g/mol. The van der Waals surface area contributed by atoms with Crippen molar-refractivity contribution in [2.75, 3.05) is 0 Å². The second kappa shape index (κ2) is 6.29. The number of fused-ring (bicyclic) bond motifs is 1. The van der Waals surface area contributed by atoms with E-state index in [2.05, 4.69) is 0 Å². The van der Waals surface area contributed by atoms with Crippen molar-refractivity contribution in [1.29, 1.82) is 0 Å². The number of rotatable bonds is 4. The minimum Gasteiger partial charge on any atom is -0.442 e. The van der Waals surface area contributed by atoms with Gasteiger partial charge in [-0.25, -0.2) is 0 Å². The van der Waals surface area contributed by atoms with Crippen molar-refractivity contribution in [3.05, 3.63) is 68.6 Å². The van der Waals surface area contributed by atoms with E-state index in [0.29, 0.717) is 29.9 Å². The Morgan fingerprint density at radius 1 is 1.12 bits per heavy atom. The molecule has 0 bridgehead atoms. The highest BCUT2D eigenvalue weighted by molar-refractivity contribution is 5.68. The highest BCUT2D eigenvalue weighted by Gasteiger charge is 2.34. The zero-order chi connectivity index (χ0) is 18.3. The van der Waals surface area contributed by atoms with Gasteiger partial charge in [0.05, 0.1) is 10.6 Å². The molecule has 1 saturated carbocycles. The van der Waals surface area contributed by atoms with Crippen molar-refractivity contribution in [3.63, 3.8) is 0 Å². The maximum absolute atomic E-state index is 11.2. The van der Waals surface area contributed by atoms with Gasteiger partial charge in [-0.15, -0.1) is 0 Å². The fraction of sp³-hybridized carbons (Fsp3) is 0.333. The van der Waals surface area contributed by atoms with E-state index in [9.17, 15) is 20.2 Å². The van der Waals surface area contributed by atoms with E-state index >= 15 is 0 Å². The van der Waals surface area contributed by atoms with Gasteiger partial charge in [-0.3, -0.25) is 24.6 Å².